The van der Waals surface area contributed by atoms with Gasteiger partial charge in [0, 0.05) is 12.1 Å². The topological polar surface area (TPSA) is 43.6 Å². The van der Waals surface area contributed by atoms with Gasteiger partial charge in [-0.15, -0.1) is 6.58 Å². The van der Waals surface area contributed by atoms with Crippen LogP contribution >= 0.6 is 11.3 Å². The van der Waals surface area contributed by atoms with Gasteiger partial charge in [-0.05, 0) is 31.2 Å². The van der Waals surface area contributed by atoms with Crippen LogP contribution in [-0.2, 0) is 6.54 Å². The van der Waals surface area contributed by atoms with E-state index in [0.29, 0.717) is 16.9 Å². The molecule has 0 aliphatic carbocycles. The molecule has 0 fully saturated rings. The van der Waals surface area contributed by atoms with Crippen LogP contribution in [0.25, 0.3) is 10.2 Å². The molecule has 122 valence electrons. The fourth-order valence-electron chi connectivity index (χ4n) is 2.49. The fraction of sp³-hybridized carbons (Fsp3) is 0.158. The van der Waals surface area contributed by atoms with Crippen LogP contribution < -0.4 is 9.54 Å². The van der Waals surface area contributed by atoms with Gasteiger partial charge >= 0.3 is 0 Å². The van der Waals surface area contributed by atoms with Crippen molar-refractivity contribution in [3.8, 4) is 5.75 Å². The van der Waals surface area contributed by atoms with Gasteiger partial charge in [-0.25, -0.2) is 0 Å². The van der Waals surface area contributed by atoms with Crippen LogP contribution in [0.2, 0.25) is 0 Å². The fourth-order valence-corrected chi connectivity index (χ4v) is 3.55. The molecule has 0 N–H and O–H groups in total. The molecule has 0 bridgehead atoms. The van der Waals surface area contributed by atoms with E-state index in [-0.39, 0.29) is 5.91 Å². The highest BCUT2D eigenvalue weighted by Crippen LogP contribution is 2.27. The van der Waals surface area contributed by atoms with Crippen LogP contribution in [0.4, 0.5) is 0 Å². The molecule has 24 heavy (non-hydrogen) atoms. The number of amides is 1. The molecule has 1 heterocycles. The van der Waals surface area contributed by atoms with Gasteiger partial charge in [-0.1, -0.05) is 41.2 Å². The number of allylic oxidation sites excluding steroid dienone is 1. The van der Waals surface area contributed by atoms with Crippen molar-refractivity contribution in [2.75, 3.05) is 7.11 Å². The molecule has 0 saturated carbocycles. The number of hydrogen-bond acceptors (Lipinski definition) is 3. The molecule has 0 saturated heterocycles. The van der Waals surface area contributed by atoms with Crippen LogP contribution in [0.15, 0.2) is 60.1 Å². The number of para-hydroxylation sites is 1. The van der Waals surface area contributed by atoms with Gasteiger partial charge in [-0.3, -0.25) is 4.79 Å². The lowest BCUT2D eigenvalue weighted by molar-refractivity contribution is 0.0998. The van der Waals surface area contributed by atoms with E-state index in [2.05, 4.69) is 11.6 Å². The zero-order valence-corrected chi connectivity index (χ0v) is 14.5. The van der Waals surface area contributed by atoms with Crippen molar-refractivity contribution >= 4 is 27.5 Å². The van der Waals surface area contributed by atoms with Gasteiger partial charge in [0.05, 0.1) is 11.8 Å². The van der Waals surface area contributed by atoms with Crippen molar-refractivity contribution < 1.29 is 9.53 Å². The number of aryl methyl sites for hydroxylation is 1. The Labute approximate surface area is 144 Å². The summed E-state index contributed by atoms with van der Waals surface area (Å²) in [6.45, 7) is 6.35. The summed E-state index contributed by atoms with van der Waals surface area (Å²) in [5.74, 6) is 0.508. The molecule has 0 aliphatic rings. The van der Waals surface area contributed by atoms with E-state index >= 15 is 0 Å². The van der Waals surface area contributed by atoms with E-state index < -0.39 is 0 Å². The molecule has 5 heteroatoms. The summed E-state index contributed by atoms with van der Waals surface area (Å²) < 4.78 is 8.43. The molecular weight excluding hydrogens is 320 g/mol. The SMILES string of the molecule is C=CCn1c(=NC(=O)c2ccc(C)cc2)sc2cccc(OC)c21. The smallest absolute Gasteiger partial charge is 0.279 e. The molecule has 0 spiro atoms. The highest BCUT2D eigenvalue weighted by Gasteiger charge is 2.12. The second-order valence-corrected chi connectivity index (χ2v) is 6.38. The Morgan fingerprint density at radius 2 is 2.04 bits per heavy atom. The number of benzene rings is 2. The van der Waals surface area contributed by atoms with Crippen molar-refractivity contribution in [1.82, 2.24) is 4.57 Å². The Balaban J connectivity index is 2.17. The first-order valence-corrected chi connectivity index (χ1v) is 8.38. The van der Waals surface area contributed by atoms with Crippen LogP contribution in [0.3, 0.4) is 0 Å². The summed E-state index contributed by atoms with van der Waals surface area (Å²) in [6, 6.07) is 13.3. The van der Waals surface area contributed by atoms with E-state index in [1.165, 1.54) is 11.3 Å². The third kappa shape index (κ3) is 3.03. The van der Waals surface area contributed by atoms with Crippen LogP contribution in [0, 0.1) is 6.92 Å². The predicted octanol–water partition coefficient (Wildman–Crippen LogP) is 3.95. The molecule has 3 aromatic rings. The molecule has 3 rings (SSSR count). The first-order valence-electron chi connectivity index (χ1n) is 7.57. The number of nitrogens with zero attached hydrogens (tertiary/aromatic N) is 2. The molecule has 1 aromatic heterocycles. The Morgan fingerprint density at radius 1 is 1.29 bits per heavy atom. The average molecular weight is 338 g/mol. The van der Waals surface area contributed by atoms with Crippen molar-refractivity contribution in [3.63, 3.8) is 0 Å². The van der Waals surface area contributed by atoms with Gasteiger partial charge in [0.1, 0.15) is 11.3 Å². The minimum absolute atomic E-state index is 0.252. The number of fused-ring (bicyclic) bond motifs is 1. The van der Waals surface area contributed by atoms with Crippen molar-refractivity contribution in [1.29, 1.82) is 0 Å². The van der Waals surface area contributed by atoms with Crippen LogP contribution in [0.5, 0.6) is 5.75 Å². The van der Waals surface area contributed by atoms with E-state index in [9.17, 15) is 4.79 Å². The molecule has 1 amide bonds. The first-order chi connectivity index (χ1) is 11.6. The standard InChI is InChI=1S/C19H18N2O2S/c1-4-12-21-17-15(23-3)6-5-7-16(17)24-19(21)20-18(22)14-10-8-13(2)9-11-14/h4-11H,1,12H2,2-3H3. The number of carbonyl (C=O) groups is 1. The lowest BCUT2D eigenvalue weighted by Crippen LogP contribution is -2.16. The van der Waals surface area contributed by atoms with E-state index in [0.717, 1.165) is 21.5 Å². The highest BCUT2D eigenvalue weighted by atomic mass is 32.1. The number of ether oxygens (including phenoxy) is 1. The average Bonchev–Trinajstić information content (AvgIpc) is 2.93. The molecule has 0 aliphatic heterocycles. The third-order valence-electron chi connectivity index (χ3n) is 3.69. The van der Waals surface area contributed by atoms with Crippen molar-refractivity contribution in [3.05, 3.63) is 71.0 Å². The summed E-state index contributed by atoms with van der Waals surface area (Å²) in [4.78, 5) is 17.5. The number of hydrogen-bond donors (Lipinski definition) is 0. The van der Waals surface area contributed by atoms with Crippen molar-refractivity contribution in [2.24, 2.45) is 4.99 Å². The first kappa shape index (κ1) is 16.2. The Bertz CT molecular complexity index is 965. The van der Waals surface area contributed by atoms with Crippen molar-refractivity contribution in [2.45, 2.75) is 13.5 Å². The zero-order valence-electron chi connectivity index (χ0n) is 13.7. The Kier molecular flexibility index (Phi) is 4.62. The lowest BCUT2D eigenvalue weighted by Gasteiger charge is -2.06. The summed E-state index contributed by atoms with van der Waals surface area (Å²) in [5.41, 5.74) is 2.62. The molecule has 4 nitrogen and oxygen atoms in total. The number of carbonyl (C=O) groups excluding carboxylic acids is 1. The highest BCUT2D eigenvalue weighted by molar-refractivity contribution is 7.16. The van der Waals surface area contributed by atoms with E-state index in [4.69, 9.17) is 4.74 Å². The second-order valence-electron chi connectivity index (χ2n) is 5.37. The van der Waals surface area contributed by atoms with E-state index in [1.54, 1.807) is 25.3 Å². The maximum atomic E-state index is 12.5. The monoisotopic (exact) mass is 338 g/mol. The second kappa shape index (κ2) is 6.84. The number of aromatic nitrogens is 1. The van der Waals surface area contributed by atoms with E-state index in [1.807, 2.05) is 41.8 Å². The molecule has 0 unspecified atom stereocenters. The lowest BCUT2D eigenvalue weighted by atomic mass is 10.1. The minimum Gasteiger partial charge on any atom is -0.495 e. The summed E-state index contributed by atoms with van der Waals surface area (Å²) in [6.07, 6.45) is 1.79. The summed E-state index contributed by atoms with van der Waals surface area (Å²) in [7, 11) is 1.64. The third-order valence-corrected chi connectivity index (χ3v) is 4.73. The van der Waals surface area contributed by atoms with Gasteiger partial charge in [0.15, 0.2) is 4.80 Å². The zero-order chi connectivity index (χ0) is 17.1. The number of rotatable bonds is 4. The van der Waals surface area contributed by atoms with Gasteiger partial charge in [0.25, 0.3) is 5.91 Å². The summed E-state index contributed by atoms with van der Waals surface area (Å²) in [5, 5.41) is 0. The largest absolute Gasteiger partial charge is 0.495 e. The summed E-state index contributed by atoms with van der Waals surface area (Å²) >= 11 is 1.47. The maximum absolute atomic E-state index is 12.5. The molecule has 0 radical (unpaired) electrons. The van der Waals surface area contributed by atoms with Gasteiger partial charge < -0.3 is 9.30 Å². The predicted molar refractivity (Wildman–Crippen MR) is 97.6 cm³/mol. The normalized spacial score (nSPS) is 11.7. The van der Waals surface area contributed by atoms with Crippen LogP contribution in [-0.4, -0.2) is 17.6 Å². The van der Waals surface area contributed by atoms with Gasteiger partial charge in [-0.2, -0.15) is 4.99 Å². The number of thiazole rings is 1. The molecule has 2 aromatic carbocycles. The Morgan fingerprint density at radius 3 is 2.71 bits per heavy atom. The quantitative estimate of drug-likeness (QED) is 0.676. The molecule has 0 atom stereocenters. The maximum Gasteiger partial charge on any atom is 0.279 e. The van der Waals surface area contributed by atoms with Gasteiger partial charge in [0.2, 0.25) is 0 Å². The number of methoxy groups -OCH3 is 1. The minimum atomic E-state index is -0.252. The van der Waals surface area contributed by atoms with Crippen LogP contribution in [0.1, 0.15) is 15.9 Å². The Hall–Kier alpha value is -2.66. The molecular formula is C19H18N2O2S.